The maximum Gasteiger partial charge on any atom is 0.348 e. The van der Waals surface area contributed by atoms with Crippen molar-refractivity contribution in [1.82, 2.24) is 4.98 Å². The van der Waals surface area contributed by atoms with Gasteiger partial charge in [0.25, 0.3) is 0 Å². The van der Waals surface area contributed by atoms with Crippen LogP contribution in [0.1, 0.15) is 0 Å². The van der Waals surface area contributed by atoms with Crippen LogP contribution in [0.3, 0.4) is 0 Å². The molecule has 2 aromatic heterocycles. The van der Waals surface area contributed by atoms with Crippen molar-refractivity contribution in [3.05, 3.63) is 65.9 Å². The summed E-state index contributed by atoms with van der Waals surface area (Å²) in [5.41, 5.74) is 0.595. The molecule has 0 bridgehead atoms. The molecule has 4 aromatic rings. The highest BCUT2D eigenvalue weighted by molar-refractivity contribution is 7.89. The second-order valence-electron chi connectivity index (χ2n) is 6.20. The second kappa shape index (κ2) is 8.40. The summed E-state index contributed by atoms with van der Waals surface area (Å²) < 4.78 is 60.3. The van der Waals surface area contributed by atoms with Crippen LogP contribution in [-0.2, 0) is 10.1 Å². The molecule has 0 atom stereocenters. The van der Waals surface area contributed by atoms with E-state index in [-0.39, 0.29) is 9.96 Å². The lowest BCUT2D eigenvalue weighted by Crippen LogP contribution is -2.09. The Balaban J connectivity index is 1.63. The molecular weight excluding hydrogens is 445 g/mol. The quantitative estimate of drug-likeness (QED) is 0.358. The molecule has 0 N–H and O–H groups in total. The number of fused-ring (bicyclic) bond motifs is 1. The van der Waals surface area contributed by atoms with Crippen LogP contribution in [0.2, 0.25) is 0 Å². The van der Waals surface area contributed by atoms with Crippen LogP contribution >= 0.6 is 11.3 Å². The van der Waals surface area contributed by atoms with Gasteiger partial charge in [-0.3, -0.25) is 4.98 Å². The molecule has 0 fully saturated rings. The number of benzene rings is 2. The highest BCUT2D eigenvalue weighted by Crippen LogP contribution is 2.37. The van der Waals surface area contributed by atoms with E-state index in [0.717, 1.165) is 17.4 Å². The summed E-state index contributed by atoms with van der Waals surface area (Å²) in [6.07, 6.45) is 1.55. The van der Waals surface area contributed by atoms with Crippen molar-refractivity contribution in [1.29, 1.82) is 0 Å². The number of pyridine rings is 1. The summed E-state index contributed by atoms with van der Waals surface area (Å²) in [5, 5.41) is 2.22. The molecule has 2 heterocycles. The van der Waals surface area contributed by atoms with E-state index in [1.807, 2.05) is 0 Å². The molecule has 0 radical (unpaired) electrons. The molecule has 2 aromatic carbocycles. The van der Waals surface area contributed by atoms with Gasteiger partial charge in [0, 0.05) is 23.7 Å². The van der Waals surface area contributed by atoms with Gasteiger partial charge in [-0.25, -0.2) is 4.39 Å². The van der Waals surface area contributed by atoms with E-state index in [1.54, 1.807) is 35.8 Å². The van der Waals surface area contributed by atoms with Crippen LogP contribution in [0.4, 0.5) is 4.39 Å². The van der Waals surface area contributed by atoms with Crippen molar-refractivity contribution >= 4 is 32.4 Å². The highest BCUT2D eigenvalue weighted by Gasteiger charge is 2.20. The Labute approximate surface area is 181 Å². The SMILES string of the molecule is COc1cc2nccc(Oc3ccc(OS(=O)(=O)c4cccs4)c(F)c3)c2cc1OC. The summed E-state index contributed by atoms with van der Waals surface area (Å²) in [5.74, 6) is 0.258. The molecule has 0 saturated heterocycles. The third-order valence-corrected chi connectivity index (χ3v) is 6.87. The summed E-state index contributed by atoms with van der Waals surface area (Å²) in [4.78, 5) is 4.29. The molecule has 0 aliphatic rings. The fourth-order valence-corrected chi connectivity index (χ4v) is 4.73. The Bertz CT molecular complexity index is 1340. The number of nitrogens with zero attached hydrogens (tertiary/aromatic N) is 1. The molecular formula is C21H16FNO6S2. The number of aromatic nitrogens is 1. The molecule has 0 saturated carbocycles. The lowest BCUT2D eigenvalue weighted by atomic mass is 10.2. The van der Waals surface area contributed by atoms with Crippen LogP contribution in [0.15, 0.2) is 64.3 Å². The van der Waals surface area contributed by atoms with Gasteiger partial charge >= 0.3 is 10.1 Å². The number of ether oxygens (including phenoxy) is 3. The minimum atomic E-state index is -4.10. The van der Waals surface area contributed by atoms with Gasteiger partial charge in [-0.2, -0.15) is 8.42 Å². The predicted octanol–water partition coefficient (Wildman–Crippen LogP) is 5.01. The Morgan fingerprint density at radius 3 is 2.39 bits per heavy atom. The van der Waals surface area contributed by atoms with Crippen LogP contribution in [0, 0.1) is 5.82 Å². The molecule has 0 amide bonds. The first-order valence-electron chi connectivity index (χ1n) is 8.87. The van der Waals surface area contributed by atoms with Crippen molar-refractivity contribution in [3.63, 3.8) is 0 Å². The fourth-order valence-electron chi connectivity index (χ4n) is 2.84. The van der Waals surface area contributed by atoms with Crippen LogP contribution < -0.4 is 18.4 Å². The first-order valence-corrected chi connectivity index (χ1v) is 11.2. The Kier molecular flexibility index (Phi) is 5.66. The average molecular weight is 461 g/mol. The second-order valence-corrected chi connectivity index (χ2v) is 8.92. The smallest absolute Gasteiger partial charge is 0.348 e. The lowest BCUT2D eigenvalue weighted by molar-refractivity contribution is 0.355. The molecule has 4 rings (SSSR count). The topological polar surface area (TPSA) is 84.0 Å². The Morgan fingerprint density at radius 1 is 0.935 bits per heavy atom. The largest absolute Gasteiger partial charge is 0.493 e. The van der Waals surface area contributed by atoms with Crippen molar-refractivity contribution < 1.29 is 31.2 Å². The summed E-state index contributed by atoms with van der Waals surface area (Å²) in [6, 6.07) is 11.6. The van der Waals surface area contributed by atoms with Gasteiger partial charge in [-0.1, -0.05) is 6.07 Å². The third kappa shape index (κ3) is 4.25. The monoisotopic (exact) mass is 461 g/mol. The molecule has 0 unspecified atom stereocenters. The zero-order valence-electron chi connectivity index (χ0n) is 16.4. The van der Waals surface area contributed by atoms with E-state index in [2.05, 4.69) is 4.98 Å². The first kappa shape index (κ1) is 20.9. The van der Waals surface area contributed by atoms with Gasteiger partial charge in [-0.15, -0.1) is 11.3 Å². The van der Waals surface area contributed by atoms with Crippen molar-refractivity contribution in [2.24, 2.45) is 0 Å². The molecule has 0 aliphatic heterocycles. The summed E-state index contributed by atoms with van der Waals surface area (Å²) in [7, 11) is -1.07. The molecule has 0 spiro atoms. The maximum absolute atomic E-state index is 14.5. The number of methoxy groups -OCH3 is 2. The molecule has 7 nitrogen and oxygen atoms in total. The number of thiophene rings is 1. The minimum Gasteiger partial charge on any atom is -0.493 e. The average Bonchev–Trinajstić information content (AvgIpc) is 3.31. The summed E-state index contributed by atoms with van der Waals surface area (Å²) >= 11 is 0.981. The molecule has 31 heavy (non-hydrogen) atoms. The zero-order valence-corrected chi connectivity index (χ0v) is 18.0. The normalized spacial score (nSPS) is 11.3. The van der Waals surface area contributed by atoms with E-state index in [4.69, 9.17) is 18.4 Å². The predicted molar refractivity (Wildman–Crippen MR) is 113 cm³/mol. The van der Waals surface area contributed by atoms with Crippen LogP contribution in [-0.4, -0.2) is 27.6 Å². The van der Waals surface area contributed by atoms with E-state index in [0.29, 0.717) is 28.2 Å². The van der Waals surface area contributed by atoms with E-state index >= 15 is 0 Å². The van der Waals surface area contributed by atoms with Crippen molar-refractivity contribution in [2.45, 2.75) is 4.21 Å². The van der Waals surface area contributed by atoms with Gasteiger partial charge in [0.2, 0.25) is 0 Å². The fraction of sp³-hybridized carbons (Fsp3) is 0.0952. The van der Waals surface area contributed by atoms with Crippen LogP contribution in [0.25, 0.3) is 10.9 Å². The number of halogens is 1. The van der Waals surface area contributed by atoms with Gasteiger partial charge in [0.05, 0.1) is 19.7 Å². The van der Waals surface area contributed by atoms with E-state index in [1.165, 1.54) is 32.4 Å². The van der Waals surface area contributed by atoms with Gasteiger partial charge in [-0.05, 0) is 35.7 Å². The van der Waals surface area contributed by atoms with Crippen molar-refractivity contribution in [3.8, 4) is 28.7 Å². The third-order valence-electron chi connectivity index (χ3n) is 4.28. The number of hydrogen-bond donors (Lipinski definition) is 0. The van der Waals surface area contributed by atoms with Gasteiger partial charge in [0.1, 0.15) is 11.5 Å². The van der Waals surface area contributed by atoms with Crippen LogP contribution in [0.5, 0.6) is 28.7 Å². The minimum absolute atomic E-state index is 0.0140. The van der Waals surface area contributed by atoms with Crippen molar-refractivity contribution in [2.75, 3.05) is 14.2 Å². The number of hydrogen-bond acceptors (Lipinski definition) is 8. The Morgan fingerprint density at radius 2 is 1.71 bits per heavy atom. The standard InChI is InChI=1S/C21H16FNO6S2/c1-26-19-11-14-16(12-20(19)27-2)23-8-7-17(14)28-13-5-6-18(15(22)10-13)29-31(24,25)21-4-3-9-30-21/h3-12H,1-2H3. The molecule has 10 heteroatoms. The van der Waals surface area contributed by atoms with Gasteiger partial charge < -0.3 is 18.4 Å². The maximum atomic E-state index is 14.5. The molecule has 160 valence electrons. The van der Waals surface area contributed by atoms with E-state index < -0.39 is 21.7 Å². The first-order chi connectivity index (χ1) is 14.9. The Hall–Kier alpha value is -3.37. The lowest BCUT2D eigenvalue weighted by Gasteiger charge is -2.13. The number of rotatable bonds is 7. The summed E-state index contributed by atoms with van der Waals surface area (Å²) in [6.45, 7) is 0. The van der Waals surface area contributed by atoms with Gasteiger partial charge in [0.15, 0.2) is 27.3 Å². The molecule has 0 aliphatic carbocycles. The van der Waals surface area contributed by atoms with E-state index in [9.17, 15) is 12.8 Å². The highest BCUT2D eigenvalue weighted by atomic mass is 32.3. The zero-order chi connectivity index (χ0) is 22.0.